The van der Waals surface area contributed by atoms with E-state index in [1.807, 2.05) is 54.1 Å². The van der Waals surface area contributed by atoms with Gasteiger partial charge in [0.05, 0.1) is 4.92 Å². The van der Waals surface area contributed by atoms with Crippen LogP contribution >= 0.6 is 0 Å². The van der Waals surface area contributed by atoms with Crippen LogP contribution in [0.3, 0.4) is 0 Å². The maximum absolute atomic E-state index is 10.8. The van der Waals surface area contributed by atoms with Gasteiger partial charge in [-0.3, -0.25) is 10.1 Å². The molecule has 3 rings (SSSR count). The zero-order chi connectivity index (χ0) is 16.4. The topological polar surface area (TPSA) is 67.2 Å². The van der Waals surface area contributed by atoms with Crippen molar-refractivity contribution in [2.45, 2.75) is 0 Å². The molecular formula is C18H15N2O3+. The van der Waals surface area contributed by atoms with E-state index in [0.29, 0.717) is 5.56 Å². The van der Waals surface area contributed by atoms with Crippen LogP contribution in [0.2, 0.25) is 0 Å². The minimum Gasteiger partial charge on any atom is -0.507 e. The first-order valence-corrected chi connectivity index (χ1v) is 7.09. The molecule has 0 saturated heterocycles. The number of phenols is 1. The molecular weight excluding hydrogens is 292 g/mol. The predicted molar refractivity (Wildman–Crippen MR) is 88.8 cm³/mol. The number of fused-ring (bicyclic) bond motifs is 1. The van der Waals surface area contributed by atoms with E-state index in [0.717, 1.165) is 16.6 Å². The molecule has 5 nitrogen and oxygen atoms in total. The van der Waals surface area contributed by atoms with Gasteiger partial charge < -0.3 is 5.11 Å². The summed E-state index contributed by atoms with van der Waals surface area (Å²) in [4.78, 5) is 10.4. The predicted octanol–water partition coefficient (Wildman–Crippen LogP) is 3.45. The highest BCUT2D eigenvalue weighted by molar-refractivity contribution is 5.78. The average molecular weight is 307 g/mol. The summed E-state index contributed by atoms with van der Waals surface area (Å²) in [6.07, 6.45) is 3.50. The van der Waals surface area contributed by atoms with E-state index in [1.54, 1.807) is 6.08 Å². The summed E-state index contributed by atoms with van der Waals surface area (Å²) in [6, 6.07) is 16.0. The quantitative estimate of drug-likeness (QED) is 0.458. The summed E-state index contributed by atoms with van der Waals surface area (Å²) in [6.45, 7) is 0. The fraction of sp³-hybridized carbons (Fsp3) is 0.0556. The van der Waals surface area contributed by atoms with Crippen molar-refractivity contribution in [1.82, 2.24) is 0 Å². The Morgan fingerprint density at radius 1 is 1.09 bits per heavy atom. The molecule has 0 spiro atoms. The molecule has 2 aromatic carbocycles. The van der Waals surface area contributed by atoms with Crippen molar-refractivity contribution in [3.63, 3.8) is 0 Å². The van der Waals surface area contributed by atoms with Gasteiger partial charge in [0.15, 0.2) is 0 Å². The van der Waals surface area contributed by atoms with E-state index in [4.69, 9.17) is 0 Å². The first kappa shape index (κ1) is 14.7. The fourth-order valence-electron chi connectivity index (χ4n) is 2.49. The number of nitrogens with zero attached hydrogens (tertiary/aromatic N) is 2. The van der Waals surface area contributed by atoms with Gasteiger partial charge in [-0.05, 0) is 24.3 Å². The summed E-state index contributed by atoms with van der Waals surface area (Å²) in [5.74, 6) is 0.00953. The zero-order valence-electron chi connectivity index (χ0n) is 12.5. The molecule has 0 amide bonds. The van der Waals surface area contributed by atoms with Crippen LogP contribution in [0.25, 0.3) is 23.1 Å². The second kappa shape index (κ2) is 5.88. The van der Waals surface area contributed by atoms with Crippen molar-refractivity contribution in [2.24, 2.45) is 7.05 Å². The van der Waals surface area contributed by atoms with Crippen molar-refractivity contribution in [2.75, 3.05) is 0 Å². The van der Waals surface area contributed by atoms with E-state index in [9.17, 15) is 15.2 Å². The van der Waals surface area contributed by atoms with Crippen LogP contribution in [0.5, 0.6) is 5.75 Å². The Balaban J connectivity index is 2.02. The van der Waals surface area contributed by atoms with Crippen molar-refractivity contribution >= 4 is 28.7 Å². The second-order valence-electron chi connectivity index (χ2n) is 5.21. The summed E-state index contributed by atoms with van der Waals surface area (Å²) >= 11 is 0. The van der Waals surface area contributed by atoms with Crippen LogP contribution in [0.1, 0.15) is 11.3 Å². The smallest absolute Gasteiger partial charge is 0.270 e. The number of hydrogen-bond donors (Lipinski definition) is 1. The summed E-state index contributed by atoms with van der Waals surface area (Å²) < 4.78 is 2.03. The summed E-state index contributed by atoms with van der Waals surface area (Å²) in [7, 11) is 1.95. The lowest BCUT2D eigenvalue weighted by Gasteiger charge is -2.01. The molecule has 0 fully saturated rings. The standard InChI is InChI=1S/C18H14N2O3/c1-19-15(8-6-13-4-2-3-5-17(13)19)9-7-14-12-16(20(22)23)10-11-18(14)21/h2-12H,1H3/p+1. The molecule has 114 valence electrons. The fourth-order valence-corrected chi connectivity index (χ4v) is 2.49. The van der Waals surface area contributed by atoms with Crippen molar-refractivity contribution in [1.29, 1.82) is 0 Å². The number of nitro benzene ring substituents is 1. The number of para-hydroxylation sites is 1. The minimum atomic E-state index is -0.479. The first-order valence-electron chi connectivity index (χ1n) is 7.09. The molecule has 0 aliphatic carbocycles. The van der Waals surface area contributed by atoms with Gasteiger partial charge in [0.1, 0.15) is 12.8 Å². The maximum atomic E-state index is 10.8. The van der Waals surface area contributed by atoms with Gasteiger partial charge >= 0.3 is 0 Å². The number of phenolic OH excluding ortho intramolecular Hbond substituents is 1. The minimum absolute atomic E-state index is 0.00953. The van der Waals surface area contributed by atoms with Gasteiger partial charge in [-0.1, -0.05) is 12.1 Å². The summed E-state index contributed by atoms with van der Waals surface area (Å²) in [5, 5.41) is 21.8. The third-order valence-corrected chi connectivity index (χ3v) is 3.77. The van der Waals surface area contributed by atoms with Gasteiger partial charge in [0, 0.05) is 41.3 Å². The number of aromatic nitrogens is 1. The number of aryl methyl sites for hydroxylation is 1. The van der Waals surface area contributed by atoms with Crippen LogP contribution in [-0.2, 0) is 7.05 Å². The van der Waals surface area contributed by atoms with Crippen LogP contribution in [0.4, 0.5) is 5.69 Å². The second-order valence-corrected chi connectivity index (χ2v) is 5.21. The molecule has 5 heteroatoms. The summed E-state index contributed by atoms with van der Waals surface area (Å²) in [5.41, 5.74) is 2.37. The van der Waals surface area contributed by atoms with Crippen molar-refractivity contribution in [3.05, 3.63) is 76.0 Å². The molecule has 1 N–H and O–H groups in total. The third-order valence-electron chi connectivity index (χ3n) is 3.77. The van der Waals surface area contributed by atoms with Gasteiger partial charge in [-0.15, -0.1) is 0 Å². The highest BCUT2D eigenvalue weighted by atomic mass is 16.6. The molecule has 1 heterocycles. The normalized spacial score (nSPS) is 11.2. The highest BCUT2D eigenvalue weighted by Gasteiger charge is 2.11. The lowest BCUT2D eigenvalue weighted by Crippen LogP contribution is -2.32. The van der Waals surface area contributed by atoms with Crippen LogP contribution in [0.15, 0.2) is 54.6 Å². The van der Waals surface area contributed by atoms with Crippen LogP contribution in [0, 0.1) is 10.1 Å². The van der Waals surface area contributed by atoms with Crippen molar-refractivity contribution in [3.8, 4) is 5.75 Å². The van der Waals surface area contributed by atoms with Gasteiger partial charge in [0.25, 0.3) is 5.69 Å². The number of non-ortho nitro benzene ring substituents is 1. The molecule has 23 heavy (non-hydrogen) atoms. The van der Waals surface area contributed by atoms with E-state index in [1.165, 1.54) is 18.2 Å². The van der Waals surface area contributed by atoms with E-state index in [-0.39, 0.29) is 11.4 Å². The largest absolute Gasteiger partial charge is 0.507 e. The van der Waals surface area contributed by atoms with E-state index < -0.39 is 4.92 Å². The molecule has 0 saturated carbocycles. The number of rotatable bonds is 3. The molecule has 3 aromatic rings. The Kier molecular flexibility index (Phi) is 3.76. The molecule has 0 atom stereocenters. The monoisotopic (exact) mass is 307 g/mol. The number of pyridine rings is 1. The Bertz CT molecular complexity index is 933. The molecule has 0 radical (unpaired) electrons. The SMILES string of the molecule is C[n+]1c(/C=C/c2cc([N+](=O)[O-])ccc2O)ccc2ccccc21. The van der Waals surface area contributed by atoms with Gasteiger partial charge in [-0.2, -0.15) is 4.57 Å². The first-order chi connectivity index (χ1) is 11.1. The Labute approximate surface area is 132 Å². The number of nitro groups is 1. The van der Waals surface area contributed by atoms with E-state index in [2.05, 4.69) is 0 Å². The average Bonchev–Trinajstić information content (AvgIpc) is 2.55. The van der Waals surface area contributed by atoms with Crippen LogP contribution in [-0.4, -0.2) is 10.0 Å². The number of aromatic hydroxyl groups is 1. The Morgan fingerprint density at radius 3 is 2.65 bits per heavy atom. The number of hydrogen-bond acceptors (Lipinski definition) is 3. The molecule has 0 unspecified atom stereocenters. The Morgan fingerprint density at radius 2 is 1.87 bits per heavy atom. The lowest BCUT2D eigenvalue weighted by atomic mass is 10.1. The third kappa shape index (κ3) is 2.89. The molecule has 1 aromatic heterocycles. The number of benzene rings is 2. The van der Waals surface area contributed by atoms with Crippen LogP contribution < -0.4 is 4.57 Å². The van der Waals surface area contributed by atoms with Crippen molar-refractivity contribution < 1.29 is 14.6 Å². The Hall–Kier alpha value is -3.21. The lowest BCUT2D eigenvalue weighted by molar-refractivity contribution is -0.646. The maximum Gasteiger partial charge on any atom is 0.270 e. The van der Waals surface area contributed by atoms with Gasteiger partial charge in [0.2, 0.25) is 11.2 Å². The van der Waals surface area contributed by atoms with E-state index >= 15 is 0 Å². The van der Waals surface area contributed by atoms with Gasteiger partial charge in [-0.25, -0.2) is 0 Å². The molecule has 0 bridgehead atoms. The molecule has 0 aliphatic rings. The highest BCUT2D eigenvalue weighted by Crippen LogP contribution is 2.24. The zero-order valence-corrected chi connectivity index (χ0v) is 12.5. The molecule has 0 aliphatic heterocycles.